The van der Waals surface area contributed by atoms with Gasteiger partial charge < -0.3 is 19.9 Å². The summed E-state index contributed by atoms with van der Waals surface area (Å²) in [5.41, 5.74) is 6.32. The summed E-state index contributed by atoms with van der Waals surface area (Å²) in [6.45, 7) is 7.76. The Kier molecular flexibility index (Phi) is 6.07. The number of fused-ring (bicyclic) bond motifs is 1. The van der Waals surface area contributed by atoms with Gasteiger partial charge in [0.05, 0.1) is 18.0 Å². The van der Waals surface area contributed by atoms with Crippen LogP contribution in [0.3, 0.4) is 0 Å². The molecule has 3 fully saturated rings. The summed E-state index contributed by atoms with van der Waals surface area (Å²) >= 11 is 0. The monoisotopic (exact) mass is 462 g/mol. The average Bonchev–Trinajstić information content (AvgIpc) is 3.45. The summed E-state index contributed by atoms with van der Waals surface area (Å²) in [5, 5.41) is 0.812. The van der Waals surface area contributed by atoms with Crippen LogP contribution in [-0.2, 0) is 4.74 Å². The molecule has 5 heterocycles. The lowest BCUT2D eigenvalue weighted by Gasteiger charge is -2.45. The smallest absolute Gasteiger partial charge is 0.262 e. The molecule has 1 spiro atoms. The Balaban J connectivity index is 1.24. The number of nitrogens with zero attached hydrogens (tertiary/aromatic N) is 5. The fourth-order valence-corrected chi connectivity index (χ4v) is 5.98. The lowest BCUT2D eigenvalue weighted by atomic mass is 9.84. The number of piperidine rings is 1. The van der Waals surface area contributed by atoms with E-state index in [1.807, 2.05) is 16.8 Å². The van der Waals surface area contributed by atoms with Gasteiger partial charge in [0.1, 0.15) is 24.0 Å². The van der Waals surface area contributed by atoms with Crippen LogP contribution < -0.4 is 5.73 Å². The van der Waals surface area contributed by atoms with Crippen LogP contribution in [0.5, 0.6) is 0 Å². The number of halogens is 2. The van der Waals surface area contributed by atoms with Crippen molar-refractivity contribution in [2.45, 2.75) is 76.2 Å². The first-order chi connectivity index (χ1) is 15.7. The predicted molar refractivity (Wildman–Crippen MR) is 124 cm³/mol. The van der Waals surface area contributed by atoms with E-state index in [-0.39, 0.29) is 25.3 Å². The Morgan fingerprint density at radius 2 is 2.00 bits per heavy atom. The SMILES string of the molecule is CC(C)CCN1CCC2(CC1)CC(F)(F)CN2CC1CCC(n2ccc3c(N)ncnc32)O1. The van der Waals surface area contributed by atoms with Crippen molar-refractivity contribution in [2.24, 2.45) is 5.92 Å². The number of aromatic nitrogens is 3. The molecule has 7 nitrogen and oxygen atoms in total. The summed E-state index contributed by atoms with van der Waals surface area (Å²) in [6.07, 6.45) is 7.63. The molecule has 0 aliphatic carbocycles. The molecular weight excluding hydrogens is 426 g/mol. The highest BCUT2D eigenvalue weighted by Crippen LogP contribution is 2.46. The molecule has 5 rings (SSSR count). The van der Waals surface area contributed by atoms with E-state index in [2.05, 4.69) is 33.6 Å². The van der Waals surface area contributed by atoms with Gasteiger partial charge in [-0.25, -0.2) is 18.7 Å². The minimum Gasteiger partial charge on any atom is -0.383 e. The van der Waals surface area contributed by atoms with E-state index < -0.39 is 11.5 Å². The topological polar surface area (TPSA) is 72.4 Å². The van der Waals surface area contributed by atoms with Crippen LogP contribution in [0.4, 0.5) is 14.6 Å². The van der Waals surface area contributed by atoms with Gasteiger partial charge in [0.2, 0.25) is 0 Å². The largest absolute Gasteiger partial charge is 0.383 e. The zero-order valence-corrected chi connectivity index (χ0v) is 19.7. The van der Waals surface area contributed by atoms with E-state index in [0.29, 0.717) is 18.3 Å². The molecule has 0 amide bonds. The summed E-state index contributed by atoms with van der Waals surface area (Å²) in [4.78, 5) is 12.9. The molecule has 2 N–H and O–H groups in total. The molecule has 0 radical (unpaired) electrons. The third kappa shape index (κ3) is 4.59. The number of nitrogen functional groups attached to an aromatic ring is 1. The van der Waals surface area contributed by atoms with Crippen molar-refractivity contribution in [3.63, 3.8) is 0 Å². The van der Waals surface area contributed by atoms with Crippen LogP contribution in [0, 0.1) is 5.92 Å². The van der Waals surface area contributed by atoms with Crippen LogP contribution in [-0.4, -0.2) is 74.6 Å². The summed E-state index contributed by atoms with van der Waals surface area (Å²) in [6, 6.07) is 1.91. The van der Waals surface area contributed by atoms with Gasteiger partial charge in [0.25, 0.3) is 5.92 Å². The average molecular weight is 463 g/mol. The fourth-order valence-electron chi connectivity index (χ4n) is 5.98. The van der Waals surface area contributed by atoms with Crippen LogP contribution in [0.2, 0.25) is 0 Å². The Labute approximate surface area is 194 Å². The fraction of sp³-hybridized carbons (Fsp3) is 0.750. The van der Waals surface area contributed by atoms with Crippen molar-refractivity contribution in [1.82, 2.24) is 24.3 Å². The van der Waals surface area contributed by atoms with Gasteiger partial charge in [-0.05, 0) is 63.7 Å². The van der Waals surface area contributed by atoms with Gasteiger partial charge >= 0.3 is 0 Å². The molecule has 0 bridgehead atoms. The second-order valence-corrected chi connectivity index (χ2v) is 10.7. The first-order valence-corrected chi connectivity index (χ1v) is 12.3. The minimum atomic E-state index is -2.62. The van der Waals surface area contributed by atoms with Gasteiger partial charge in [-0.15, -0.1) is 0 Å². The Hall–Kier alpha value is -1.84. The first kappa shape index (κ1) is 22.9. The number of ether oxygens (including phenoxy) is 1. The Morgan fingerprint density at radius 3 is 2.76 bits per heavy atom. The van der Waals surface area contributed by atoms with Crippen LogP contribution >= 0.6 is 0 Å². The number of hydrogen-bond donors (Lipinski definition) is 1. The molecule has 3 aliphatic heterocycles. The Morgan fingerprint density at radius 1 is 1.21 bits per heavy atom. The number of hydrogen-bond acceptors (Lipinski definition) is 6. The van der Waals surface area contributed by atoms with Crippen molar-refractivity contribution >= 4 is 16.9 Å². The van der Waals surface area contributed by atoms with E-state index in [0.717, 1.165) is 62.8 Å². The summed E-state index contributed by atoms with van der Waals surface area (Å²) in [5.74, 6) is -1.50. The van der Waals surface area contributed by atoms with Crippen molar-refractivity contribution in [3.05, 3.63) is 18.6 Å². The molecule has 0 aromatic carbocycles. The molecule has 3 aliphatic rings. The van der Waals surface area contributed by atoms with Gasteiger partial charge in [0.15, 0.2) is 0 Å². The first-order valence-electron chi connectivity index (χ1n) is 12.3. The molecule has 2 aromatic rings. The van der Waals surface area contributed by atoms with E-state index in [1.54, 1.807) is 0 Å². The second-order valence-electron chi connectivity index (χ2n) is 10.7. The maximum absolute atomic E-state index is 14.6. The quantitative estimate of drug-likeness (QED) is 0.702. The Bertz CT molecular complexity index is 971. The molecule has 2 aromatic heterocycles. The van der Waals surface area contributed by atoms with Gasteiger partial charge in [-0.2, -0.15) is 0 Å². The molecule has 33 heavy (non-hydrogen) atoms. The van der Waals surface area contributed by atoms with E-state index >= 15 is 0 Å². The standard InChI is InChI=1S/C24H36F2N6O/c1-17(2)5-9-30-11-7-23(8-12-30)14-24(25,26)15-31(23)13-18-3-4-20(33-18)32-10-6-19-21(27)28-16-29-22(19)32/h6,10,16-18,20H,3-5,7-9,11-15H2,1-2H3,(H2,27,28,29). The second kappa shape index (κ2) is 8.74. The molecule has 9 heteroatoms. The molecule has 182 valence electrons. The third-order valence-electron chi connectivity index (χ3n) is 7.85. The number of rotatable bonds is 6. The summed E-state index contributed by atoms with van der Waals surface area (Å²) in [7, 11) is 0. The van der Waals surface area contributed by atoms with E-state index in [4.69, 9.17) is 10.5 Å². The maximum atomic E-state index is 14.6. The lowest BCUT2D eigenvalue weighted by molar-refractivity contribution is -0.0354. The third-order valence-corrected chi connectivity index (χ3v) is 7.85. The minimum absolute atomic E-state index is 0.0212. The number of nitrogens with two attached hydrogens (primary N) is 1. The molecule has 2 unspecified atom stereocenters. The normalized spacial score (nSPS) is 27.9. The number of likely N-dealkylation sites (tertiary alicyclic amines) is 2. The highest BCUT2D eigenvalue weighted by atomic mass is 19.3. The van der Waals surface area contributed by atoms with E-state index in [9.17, 15) is 8.78 Å². The van der Waals surface area contributed by atoms with Crippen LogP contribution in [0.1, 0.15) is 58.6 Å². The van der Waals surface area contributed by atoms with Crippen LogP contribution in [0.25, 0.3) is 11.0 Å². The van der Waals surface area contributed by atoms with Crippen molar-refractivity contribution in [2.75, 3.05) is 38.5 Å². The number of alkyl halides is 2. The van der Waals surface area contributed by atoms with Gasteiger partial charge in [0, 0.05) is 24.7 Å². The summed E-state index contributed by atoms with van der Waals surface area (Å²) < 4.78 is 37.6. The zero-order valence-electron chi connectivity index (χ0n) is 19.7. The molecular formula is C24H36F2N6O. The van der Waals surface area contributed by atoms with Crippen molar-refractivity contribution in [3.8, 4) is 0 Å². The molecule has 3 saturated heterocycles. The van der Waals surface area contributed by atoms with E-state index in [1.165, 1.54) is 6.33 Å². The molecule has 0 saturated carbocycles. The highest BCUT2D eigenvalue weighted by Gasteiger charge is 2.55. The van der Waals surface area contributed by atoms with Gasteiger partial charge in [-0.3, -0.25) is 4.90 Å². The van der Waals surface area contributed by atoms with Gasteiger partial charge in [-0.1, -0.05) is 13.8 Å². The van der Waals surface area contributed by atoms with Crippen LogP contribution in [0.15, 0.2) is 18.6 Å². The number of anilines is 1. The van der Waals surface area contributed by atoms with Crippen molar-refractivity contribution in [1.29, 1.82) is 0 Å². The maximum Gasteiger partial charge on any atom is 0.262 e. The predicted octanol–water partition coefficient (Wildman–Crippen LogP) is 3.91. The zero-order chi connectivity index (χ0) is 23.2. The lowest BCUT2D eigenvalue weighted by Crippen LogP contribution is -2.53. The highest BCUT2D eigenvalue weighted by molar-refractivity contribution is 5.86. The molecule has 2 atom stereocenters. The van der Waals surface area contributed by atoms with Crippen molar-refractivity contribution < 1.29 is 13.5 Å².